The van der Waals surface area contributed by atoms with E-state index in [0.717, 1.165) is 0 Å². The Morgan fingerprint density at radius 3 is 1.62 bits per heavy atom. The molecule has 0 fully saturated rings. The van der Waals surface area contributed by atoms with Crippen molar-refractivity contribution < 1.29 is 8.42 Å². The third kappa shape index (κ3) is 7.30. The molecule has 0 aromatic rings. The Balaban J connectivity index is 3.71. The van der Waals surface area contributed by atoms with E-state index in [2.05, 4.69) is 0 Å². The first-order chi connectivity index (χ1) is 6.12. The fourth-order valence-electron chi connectivity index (χ4n) is 0.844. The summed E-state index contributed by atoms with van der Waals surface area (Å²) in [5.74, 6) is 0.123. The second kappa shape index (κ2) is 6.45. The second-order valence-electron chi connectivity index (χ2n) is 2.68. The molecule has 13 heavy (non-hydrogen) atoms. The van der Waals surface area contributed by atoms with Gasteiger partial charge < -0.3 is 0 Å². The van der Waals surface area contributed by atoms with Crippen LogP contribution in [0, 0.1) is 22.7 Å². The molecule has 0 aliphatic rings. The van der Waals surface area contributed by atoms with Gasteiger partial charge in [-0.1, -0.05) is 0 Å². The number of sulfone groups is 1. The first-order valence-electron chi connectivity index (χ1n) is 4.07. The number of unbranched alkanes of at least 4 members (excludes halogenated alkanes) is 2. The van der Waals surface area contributed by atoms with Gasteiger partial charge in [0, 0.05) is 12.8 Å². The zero-order valence-electron chi connectivity index (χ0n) is 7.36. The molecule has 0 aromatic heterocycles. The van der Waals surface area contributed by atoms with E-state index in [9.17, 15) is 8.42 Å². The number of hydrogen-bond acceptors (Lipinski definition) is 4. The van der Waals surface area contributed by atoms with Gasteiger partial charge in [0.05, 0.1) is 23.6 Å². The Hall–Kier alpha value is -1.07. The van der Waals surface area contributed by atoms with Crippen molar-refractivity contribution in [2.75, 3.05) is 11.5 Å². The second-order valence-corrected chi connectivity index (χ2v) is 4.98. The Labute approximate surface area is 78.7 Å². The van der Waals surface area contributed by atoms with E-state index in [0.29, 0.717) is 12.8 Å². The summed E-state index contributed by atoms with van der Waals surface area (Å²) in [6, 6.07) is 3.78. The lowest BCUT2D eigenvalue weighted by atomic mass is 10.4. The number of rotatable bonds is 6. The van der Waals surface area contributed by atoms with Crippen LogP contribution in [0.15, 0.2) is 0 Å². The van der Waals surface area contributed by atoms with E-state index in [1.165, 1.54) is 0 Å². The molecule has 0 aliphatic heterocycles. The maximum Gasteiger partial charge on any atom is 0.150 e. The number of nitrogens with zero attached hydrogens (tertiary/aromatic N) is 2. The molecule has 0 saturated heterocycles. The zero-order chi connectivity index (χ0) is 10.2. The maximum absolute atomic E-state index is 11.2. The normalized spacial score (nSPS) is 10.3. The highest BCUT2D eigenvalue weighted by Gasteiger charge is 2.09. The first kappa shape index (κ1) is 11.9. The Kier molecular flexibility index (Phi) is 5.92. The molecule has 0 aromatic carbocycles. The van der Waals surface area contributed by atoms with Gasteiger partial charge in [0.1, 0.15) is 9.84 Å². The summed E-state index contributed by atoms with van der Waals surface area (Å²) < 4.78 is 22.3. The highest BCUT2D eigenvalue weighted by Crippen LogP contribution is 2.00. The Morgan fingerprint density at radius 1 is 0.923 bits per heavy atom. The van der Waals surface area contributed by atoms with Gasteiger partial charge in [0.25, 0.3) is 0 Å². The predicted octanol–water partition coefficient (Wildman–Crippen LogP) is 1.01. The summed E-state index contributed by atoms with van der Waals surface area (Å²) in [7, 11) is -3.03. The third-order valence-electron chi connectivity index (χ3n) is 1.49. The molecular weight excluding hydrogens is 188 g/mol. The minimum atomic E-state index is -3.03. The van der Waals surface area contributed by atoms with Crippen LogP contribution in [0.25, 0.3) is 0 Å². The average molecular weight is 200 g/mol. The molecule has 0 bridgehead atoms. The topological polar surface area (TPSA) is 81.7 Å². The Morgan fingerprint density at radius 2 is 1.31 bits per heavy atom. The highest BCUT2D eigenvalue weighted by molar-refractivity contribution is 7.91. The predicted molar refractivity (Wildman–Crippen MR) is 48.3 cm³/mol. The summed E-state index contributed by atoms with van der Waals surface area (Å²) in [6.07, 6.45) is 1.34. The smallest absolute Gasteiger partial charge is 0.150 e. The molecule has 0 N–H and O–H groups in total. The van der Waals surface area contributed by atoms with Gasteiger partial charge in [-0.3, -0.25) is 0 Å². The molecule has 0 aliphatic carbocycles. The molecule has 0 saturated carbocycles. The molecule has 5 heteroatoms. The van der Waals surface area contributed by atoms with Gasteiger partial charge in [-0.25, -0.2) is 8.42 Å². The van der Waals surface area contributed by atoms with E-state index in [-0.39, 0.29) is 24.3 Å². The van der Waals surface area contributed by atoms with Crippen LogP contribution in [-0.4, -0.2) is 19.9 Å². The number of hydrogen-bond donors (Lipinski definition) is 0. The van der Waals surface area contributed by atoms with Crippen molar-refractivity contribution in [1.29, 1.82) is 10.5 Å². The SMILES string of the molecule is N#CCCCS(=O)(=O)CCCC#N. The third-order valence-corrected chi connectivity index (χ3v) is 3.31. The van der Waals surface area contributed by atoms with Crippen molar-refractivity contribution in [3.05, 3.63) is 0 Å². The Bertz CT molecular complexity index is 282. The van der Waals surface area contributed by atoms with Crippen LogP contribution in [0.4, 0.5) is 0 Å². The van der Waals surface area contributed by atoms with Crippen LogP contribution in [0.1, 0.15) is 25.7 Å². The summed E-state index contributed by atoms with van der Waals surface area (Å²) in [6.45, 7) is 0. The average Bonchev–Trinajstić information content (AvgIpc) is 2.05. The summed E-state index contributed by atoms with van der Waals surface area (Å²) in [4.78, 5) is 0. The van der Waals surface area contributed by atoms with Gasteiger partial charge in [0.2, 0.25) is 0 Å². The lowest BCUT2D eigenvalue weighted by Crippen LogP contribution is -2.10. The minimum Gasteiger partial charge on any atom is -0.229 e. The van der Waals surface area contributed by atoms with Crippen molar-refractivity contribution in [1.82, 2.24) is 0 Å². The van der Waals surface area contributed by atoms with Crippen LogP contribution in [0.5, 0.6) is 0 Å². The maximum atomic E-state index is 11.2. The molecule has 72 valence electrons. The lowest BCUT2D eigenvalue weighted by Gasteiger charge is -1.99. The van der Waals surface area contributed by atoms with Crippen molar-refractivity contribution in [3.63, 3.8) is 0 Å². The van der Waals surface area contributed by atoms with Crippen LogP contribution in [0.3, 0.4) is 0 Å². The molecule has 0 unspecified atom stereocenters. The molecule has 0 rings (SSSR count). The fraction of sp³-hybridized carbons (Fsp3) is 0.750. The van der Waals surface area contributed by atoms with Crippen LogP contribution in [0.2, 0.25) is 0 Å². The molecular formula is C8H12N2O2S. The van der Waals surface area contributed by atoms with Crippen molar-refractivity contribution in [3.8, 4) is 12.1 Å². The molecule has 0 spiro atoms. The van der Waals surface area contributed by atoms with Crippen molar-refractivity contribution in [2.45, 2.75) is 25.7 Å². The standard InChI is InChI=1S/C8H12N2O2S/c9-5-1-3-7-13(11,12)8-4-2-6-10/h1-4,7-8H2. The van der Waals surface area contributed by atoms with Gasteiger partial charge in [0.15, 0.2) is 0 Å². The largest absolute Gasteiger partial charge is 0.229 e. The summed E-state index contributed by atoms with van der Waals surface area (Å²) in [5, 5.41) is 16.4. The van der Waals surface area contributed by atoms with Crippen LogP contribution in [-0.2, 0) is 9.84 Å². The van der Waals surface area contributed by atoms with E-state index in [1.54, 1.807) is 0 Å². The molecule has 0 atom stereocenters. The summed E-state index contributed by atoms with van der Waals surface area (Å²) in [5.41, 5.74) is 0. The van der Waals surface area contributed by atoms with Gasteiger partial charge in [-0.2, -0.15) is 10.5 Å². The minimum absolute atomic E-state index is 0.0615. The molecule has 0 radical (unpaired) electrons. The molecule has 0 amide bonds. The van der Waals surface area contributed by atoms with E-state index in [4.69, 9.17) is 10.5 Å². The molecule has 0 heterocycles. The fourth-order valence-corrected chi connectivity index (χ4v) is 2.22. The van der Waals surface area contributed by atoms with Crippen LogP contribution >= 0.6 is 0 Å². The lowest BCUT2D eigenvalue weighted by molar-refractivity contribution is 0.591. The summed E-state index contributed by atoms with van der Waals surface area (Å²) >= 11 is 0. The van der Waals surface area contributed by atoms with Crippen molar-refractivity contribution >= 4 is 9.84 Å². The highest BCUT2D eigenvalue weighted by atomic mass is 32.2. The van der Waals surface area contributed by atoms with Gasteiger partial charge >= 0.3 is 0 Å². The monoisotopic (exact) mass is 200 g/mol. The van der Waals surface area contributed by atoms with Crippen molar-refractivity contribution in [2.24, 2.45) is 0 Å². The van der Waals surface area contributed by atoms with Crippen LogP contribution < -0.4 is 0 Å². The zero-order valence-corrected chi connectivity index (χ0v) is 8.18. The number of nitriles is 2. The van der Waals surface area contributed by atoms with E-state index < -0.39 is 9.84 Å². The van der Waals surface area contributed by atoms with Gasteiger partial charge in [-0.15, -0.1) is 0 Å². The van der Waals surface area contributed by atoms with E-state index >= 15 is 0 Å². The molecule has 4 nitrogen and oxygen atoms in total. The van der Waals surface area contributed by atoms with Gasteiger partial charge in [-0.05, 0) is 12.8 Å². The quantitative estimate of drug-likeness (QED) is 0.599. The first-order valence-corrected chi connectivity index (χ1v) is 5.89. The van der Waals surface area contributed by atoms with E-state index in [1.807, 2.05) is 12.1 Å².